The third-order valence-corrected chi connectivity index (χ3v) is 7.62. The molecule has 8 heteroatoms. The van der Waals surface area contributed by atoms with Gasteiger partial charge in [-0.2, -0.15) is 0 Å². The van der Waals surface area contributed by atoms with Gasteiger partial charge < -0.3 is 20.4 Å². The monoisotopic (exact) mass is 542 g/mol. The summed E-state index contributed by atoms with van der Waals surface area (Å²) in [5, 5.41) is 36.7. The molecular weight excluding hydrogens is 488 g/mol. The van der Waals surface area contributed by atoms with Crippen molar-refractivity contribution in [1.82, 2.24) is 0 Å². The summed E-state index contributed by atoms with van der Waals surface area (Å²) in [6.45, 7) is 2.09. The van der Waals surface area contributed by atoms with Crippen molar-refractivity contribution in [3.8, 4) is 0 Å². The van der Waals surface area contributed by atoms with Crippen LogP contribution in [0.5, 0.6) is 0 Å². The van der Waals surface area contributed by atoms with E-state index in [9.17, 15) is 34.5 Å². The molecule has 0 saturated carbocycles. The molecule has 0 rings (SSSR count). The van der Waals surface area contributed by atoms with Gasteiger partial charge in [-0.15, -0.1) is 0 Å². The lowest BCUT2D eigenvalue weighted by molar-refractivity contribution is -0.144. The van der Waals surface area contributed by atoms with Gasteiger partial charge in [-0.1, -0.05) is 103 Å². The van der Waals surface area contributed by atoms with Crippen molar-refractivity contribution in [1.29, 1.82) is 0 Å². The molecule has 0 spiro atoms. The summed E-state index contributed by atoms with van der Waals surface area (Å²) in [7, 11) is 0. The average Bonchev–Trinajstić information content (AvgIpc) is 2.85. The molecule has 0 radical (unpaired) electrons. The van der Waals surface area contributed by atoms with Gasteiger partial charge in [0.2, 0.25) is 0 Å². The Balaban J connectivity index is 3.74. The van der Waals surface area contributed by atoms with E-state index in [0.29, 0.717) is 25.7 Å². The third-order valence-electron chi connectivity index (χ3n) is 7.62. The van der Waals surface area contributed by atoms with Crippen LogP contribution in [0, 0.1) is 17.8 Å². The van der Waals surface area contributed by atoms with E-state index in [1.165, 1.54) is 38.5 Å². The molecule has 0 aliphatic carbocycles. The van der Waals surface area contributed by atoms with E-state index in [0.717, 1.165) is 64.2 Å². The Labute approximate surface area is 229 Å². The quantitative estimate of drug-likeness (QED) is 0.0732. The topological polar surface area (TPSA) is 149 Å². The highest BCUT2D eigenvalue weighted by molar-refractivity contribution is 5.72. The van der Waals surface area contributed by atoms with Gasteiger partial charge in [0.15, 0.2) is 0 Å². The van der Waals surface area contributed by atoms with Gasteiger partial charge in [0.25, 0.3) is 0 Å². The minimum atomic E-state index is -1.02. The molecule has 3 atom stereocenters. The summed E-state index contributed by atoms with van der Waals surface area (Å²) in [6, 6.07) is 0. The van der Waals surface area contributed by atoms with Gasteiger partial charge in [0, 0.05) is 6.42 Å². The first-order valence-corrected chi connectivity index (χ1v) is 15.1. The molecule has 3 unspecified atom stereocenters. The number of hydrogen-bond acceptors (Lipinski definition) is 4. The zero-order chi connectivity index (χ0) is 28.6. The highest BCUT2D eigenvalue weighted by Crippen LogP contribution is 2.22. The highest BCUT2D eigenvalue weighted by Gasteiger charge is 2.21. The van der Waals surface area contributed by atoms with Gasteiger partial charge in [-0.25, -0.2) is 0 Å². The summed E-state index contributed by atoms with van der Waals surface area (Å²) in [5.74, 6) is -4.86. The number of hydrogen-bond donors (Lipinski definition) is 4. The van der Waals surface area contributed by atoms with Crippen LogP contribution in [0.2, 0.25) is 0 Å². The first kappa shape index (κ1) is 35.9. The fourth-order valence-electron chi connectivity index (χ4n) is 5.08. The molecule has 0 bridgehead atoms. The standard InChI is InChI=1S/C30H54O8/c1-2-3-17-24(28(33)34)18-14-12-10-8-6-4-5-7-9-11-13-15-19-25(29(35)36)20-16-21-26(30(37)38)22-23-27(31)32/h24-26H,2-23H2,1H3,(H,31,32)(H,33,34)(H,35,36)(H,37,38). The van der Waals surface area contributed by atoms with Crippen molar-refractivity contribution in [3.63, 3.8) is 0 Å². The van der Waals surface area contributed by atoms with E-state index in [1.807, 2.05) is 0 Å². The van der Waals surface area contributed by atoms with Crippen LogP contribution < -0.4 is 0 Å². The van der Waals surface area contributed by atoms with E-state index < -0.39 is 35.7 Å². The molecule has 8 nitrogen and oxygen atoms in total. The van der Waals surface area contributed by atoms with Crippen LogP contribution >= 0.6 is 0 Å². The largest absolute Gasteiger partial charge is 0.481 e. The summed E-state index contributed by atoms with van der Waals surface area (Å²) in [6.07, 6.45) is 19.0. The second kappa shape index (κ2) is 24.0. The second-order valence-corrected chi connectivity index (χ2v) is 10.9. The van der Waals surface area contributed by atoms with E-state index in [1.54, 1.807) is 0 Å². The molecule has 0 aromatic carbocycles. The average molecular weight is 543 g/mol. The summed E-state index contributed by atoms with van der Waals surface area (Å²) in [4.78, 5) is 44.8. The van der Waals surface area contributed by atoms with Crippen LogP contribution in [0.15, 0.2) is 0 Å². The maximum atomic E-state index is 11.6. The molecule has 4 N–H and O–H groups in total. The number of unbranched alkanes of at least 4 members (excludes halogenated alkanes) is 12. The lowest BCUT2D eigenvalue weighted by atomic mass is 9.91. The van der Waals surface area contributed by atoms with Crippen LogP contribution in [0.3, 0.4) is 0 Å². The van der Waals surface area contributed by atoms with Crippen LogP contribution in [-0.2, 0) is 19.2 Å². The molecule has 0 amide bonds. The Kier molecular flexibility index (Phi) is 22.6. The van der Waals surface area contributed by atoms with Crippen LogP contribution in [0.25, 0.3) is 0 Å². The smallest absolute Gasteiger partial charge is 0.306 e. The molecule has 0 fully saturated rings. The van der Waals surface area contributed by atoms with Crippen molar-refractivity contribution in [2.45, 2.75) is 148 Å². The van der Waals surface area contributed by atoms with Crippen molar-refractivity contribution in [3.05, 3.63) is 0 Å². The van der Waals surface area contributed by atoms with Gasteiger partial charge in [-0.05, 0) is 38.5 Å². The summed E-state index contributed by atoms with van der Waals surface area (Å²) in [5.41, 5.74) is 0. The lowest BCUT2D eigenvalue weighted by Crippen LogP contribution is -2.17. The molecule has 0 aliphatic heterocycles. The van der Waals surface area contributed by atoms with Crippen molar-refractivity contribution < 1.29 is 39.6 Å². The Morgan fingerprint density at radius 1 is 0.421 bits per heavy atom. The highest BCUT2D eigenvalue weighted by atomic mass is 16.4. The van der Waals surface area contributed by atoms with Gasteiger partial charge in [0.1, 0.15) is 0 Å². The summed E-state index contributed by atoms with van der Waals surface area (Å²) >= 11 is 0. The molecule has 0 heterocycles. The SMILES string of the molecule is CCCCC(CCCCCCCCCCCCCCC(CCCC(CCC(=O)O)C(=O)O)C(=O)O)C(=O)O. The van der Waals surface area contributed by atoms with Crippen LogP contribution in [-0.4, -0.2) is 44.3 Å². The maximum absolute atomic E-state index is 11.6. The van der Waals surface area contributed by atoms with Gasteiger partial charge >= 0.3 is 23.9 Å². The normalized spacial score (nSPS) is 13.6. The zero-order valence-electron chi connectivity index (χ0n) is 23.7. The fraction of sp³-hybridized carbons (Fsp3) is 0.867. The number of rotatable bonds is 28. The maximum Gasteiger partial charge on any atom is 0.306 e. The minimum Gasteiger partial charge on any atom is -0.481 e. The Morgan fingerprint density at radius 3 is 1.03 bits per heavy atom. The lowest BCUT2D eigenvalue weighted by Gasteiger charge is -2.15. The summed E-state index contributed by atoms with van der Waals surface area (Å²) < 4.78 is 0. The predicted molar refractivity (Wildman–Crippen MR) is 148 cm³/mol. The molecule has 0 aliphatic rings. The molecule has 0 saturated heterocycles. The molecule has 38 heavy (non-hydrogen) atoms. The predicted octanol–water partition coefficient (Wildman–Crippen LogP) is 7.78. The molecule has 0 aromatic heterocycles. The van der Waals surface area contributed by atoms with Gasteiger partial charge in [0.05, 0.1) is 17.8 Å². The van der Waals surface area contributed by atoms with Gasteiger partial charge in [-0.3, -0.25) is 19.2 Å². The molecule has 0 aromatic rings. The van der Waals surface area contributed by atoms with Crippen LogP contribution in [0.4, 0.5) is 0 Å². The first-order valence-electron chi connectivity index (χ1n) is 15.1. The Bertz CT molecular complexity index is 648. The van der Waals surface area contributed by atoms with Crippen LogP contribution in [0.1, 0.15) is 148 Å². The number of carboxylic acid groups (broad SMARTS) is 4. The van der Waals surface area contributed by atoms with E-state index in [4.69, 9.17) is 5.11 Å². The fourth-order valence-corrected chi connectivity index (χ4v) is 5.08. The van der Waals surface area contributed by atoms with E-state index in [2.05, 4.69) is 6.92 Å². The zero-order valence-corrected chi connectivity index (χ0v) is 23.7. The Morgan fingerprint density at radius 2 is 0.711 bits per heavy atom. The second-order valence-electron chi connectivity index (χ2n) is 10.9. The first-order chi connectivity index (χ1) is 18.2. The third kappa shape index (κ3) is 20.9. The Hall–Kier alpha value is -2.12. The van der Waals surface area contributed by atoms with Crippen molar-refractivity contribution in [2.24, 2.45) is 17.8 Å². The minimum absolute atomic E-state index is 0.0799. The molecule has 222 valence electrons. The van der Waals surface area contributed by atoms with Crippen molar-refractivity contribution in [2.75, 3.05) is 0 Å². The number of aliphatic carboxylic acids is 4. The van der Waals surface area contributed by atoms with E-state index in [-0.39, 0.29) is 18.8 Å². The van der Waals surface area contributed by atoms with Crippen molar-refractivity contribution >= 4 is 23.9 Å². The number of carboxylic acids is 4. The number of carbonyl (C=O) groups is 4. The molecular formula is C30H54O8. The van der Waals surface area contributed by atoms with E-state index >= 15 is 0 Å².